The SMILES string of the molecule is Cn1cc(-c2cnc(Nc3cc(N)nc(C(F)F)n3)cc2OC(F)(F)F)cn1. The number of anilines is 3. The Bertz CT molecular complexity index is 989. The number of pyridine rings is 1. The summed E-state index contributed by atoms with van der Waals surface area (Å²) in [7, 11) is 1.59. The molecule has 0 saturated heterocycles. The van der Waals surface area contributed by atoms with Crippen LogP contribution in [0.15, 0.2) is 30.7 Å². The molecule has 148 valence electrons. The van der Waals surface area contributed by atoms with Crippen molar-refractivity contribution in [2.24, 2.45) is 7.05 Å². The van der Waals surface area contributed by atoms with Gasteiger partial charge in [-0.25, -0.2) is 23.7 Å². The van der Waals surface area contributed by atoms with Gasteiger partial charge in [0.2, 0.25) is 0 Å². The fourth-order valence-electron chi connectivity index (χ4n) is 2.27. The van der Waals surface area contributed by atoms with Crippen LogP contribution in [0.3, 0.4) is 0 Å². The van der Waals surface area contributed by atoms with E-state index in [0.717, 1.165) is 18.3 Å². The van der Waals surface area contributed by atoms with Gasteiger partial charge >= 0.3 is 6.36 Å². The van der Waals surface area contributed by atoms with Crippen molar-refractivity contribution in [2.45, 2.75) is 12.8 Å². The number of halogens is 5. The van der Waals surface area contributed by atoms with Crippen LogP contribution in [0.25, 0.3) is 11.1 Å². The zero-order valence-electron chi connectivity index (χ0n) is 14.1. The van der Waals surface area contributed by atoms with E-state index in [-0.39, 0.29) is 23.0 Å². The van der Waals surface area contributed by atoms with Gasteiger partial charge in [-0.3, -0.25) is 4.68 Å². The van der Waals surface area contributed by atoms with Gasteiger partial charge in [-0.1, -0.05) is 0 Å². The van der Waals surface area contributed by atoms with Crippen molar-refractivity contribution in [3.8, 4) is 16.9 Å². The van der Waals surface area contributed by atoms with E-state index in [0.29, 0.717) is 5.56 Å². The number of nitrogens with one attached hydrogen (secondary N) is 1. The van der Waals surface area contributed by atoms with E-state index in [1.165, 1.54) is 17.1 Å². The van der Waals surface area contributed by atoms with Gasteiger partial charge in [0.15, 0.2) is 5.82 Å². The summed E-state index contributed by atoms with van der Waals surface area (Å²) in [6.45, 7) is 0. The number of hydrogen-bond acceptors (Lipinski definition) is 7. The van der Waals surface area contributed by atoms with Gasteiger partial charge in [0.1, 0.15) is 23.2 Å². The van der Waals surface area contributed by atoms with Crippen LogP contribution < -0.4 is 15.8 Å². The molecule has 0 spiro atoms. The van der Waals surface area contributed by atoms with Crippen molar-refractivity contribution in [1.29, 1.82) is 0 Å². The molecule has 0 unspecified atom stereocenters. The third kappa shape index (κ3) is 4.61. The Hall–Kier alpha value is -3.51. The fraction of sp³-hybridized carbons (Fsp3) is 0.200. The highest BCUT2D eigenvalue weighted by molar-refractivity contribution is 5.71. The standard InChI is InChI=1S/C15H12F5N7O/c1-27-6-7(4-23-27)8-5-22-11(2-9(8)28-15(18,19)20)25-12-3-10(21)24-14(26-12)13(16)17/h2-6,13H,1H3,(H3,21,22,24,25,26). The first-order valence-electron chi connectivity index (χ1n) is 7.55. The van der Waals surface area contributed by atoms with E-state index in [1.54, 1.807) is 7.05 Å². The highest BCUT2D eigenvalue weighted by Crippen LogP contribution is 2.35. The lowest BCUT2D eigenvalue weighted by Crippen LogP contribution is -2.18. The van der Waals surface area contributed by atoms with Crippen LogP contribution in [-0.4, -0.2) is 31.1 Å². The number of nitrogens with two attached hydrogens (primary N) is 1. The van der Waals surface area contributed by atoms with E-state index in [4.69, 9.17) is 5.73 Å². The number of hydrogen-bond donors (Lipinski definition) is 2. The average molecular weight is 401 g/mol. The quantitative estimate of drug-likeness (QED) is 0.631. The number of nitrogen functional groups attached to an aromatic ring is 1. The molecule has 0 saturated carbocycles. The smallest absolute Gasteiger partial charge is 0.405 e. The number of rotatable bonds is 5. The third-order valence-corrected chi connectivity index (χ3v) is 3.32. The molecule has 0 bridgehead atoms. The molecule has 0 radical (unpaired) electrons. The summed E-state index contributed by atoms with van der Waals surface area (Å²) < 4.78 is 69.4. The van der Waals surface area contributed by atoms with E-state index >= 15 is 0 Å². The minimum absolute atomic E-state index is 0.0337. The largest absolute Gasteiger partial charge is 0.573 e. The summed E-state index contributed by atoms with van der Waals surface area (Å²) in [5.74, 6) is -1.94. The molecule has 3 aromatic rings. The average Bonchev–Trinajstić information content (AvgIpc) is 2.99. The van der Waals surface area contributed by atoms with Gasteiger partial charge in [0.05, 0.1) is 6.20 Å². The summed E-state index contributed by atoms with van der Waals surface area (Å²) in [5.41, 5.74) is 5.81. The van der Waals surface area contributed by atoms with Crippen LogP contribution in [-0.2, 0) is 7.05 Å². The van der Waals surface area contributed by atoms with Gasteiger partial charge in [-0.15, -0.1) is 13.2 Å². The first-order valence-corrected chi connectivity index (χ1v) is 7.55. The summed E-state index contributed by atoms with van der Waals surface area (Å²) in [6.07, 6.45) is -3.99. The van der Waals surface area contributed by atoms with Crippen LogP contribution in [0.5, 0.6) is 5.75 Å². The molecule has 0 aliphatic rings. The summed E-state index contributed by atoms with van der Waals surface area (Å²) in [4.78, 5) is 10.9. The molecule has 0 amide bonds. The zero-order chi connectivity index (χ0) is 20.5. The molecular formula is C15H12F5N7O. The van der Waals surface area contributed by atoms with Gasteiger partial charge in [-0.05, 0) is 0 Å². The maximum absolute atomic E-state index is 12.8. The highest BCUT2D eigenvalue weighted by Gasteiger charge is 2.32. The number of alkyl halides is 5. The van der Waals surface area contributed by atoms with Crippen LogP contribution in [0.4, 0.5) is 39.4 Å². The minimum Gasteiger partial charge on any atom is -0.405 e. The van der Waals surface area contributed by atoms with Gasteiger partial charge in [0.25, 0.3) is 6.43 Å². The Morgan fingerprint density at radius 1 is 1.14 bits per heavy atom. The first-order chi connectivity index (χ1) is 13.1. The Kier molecular flexibility index (Phi) is 4.98. The Labute approximate surface area is 154 Å². The molecule has 8 nitrogen and oxygen atoms in total. The van der Waals surface area contributed by atoms with Gasteiger partial charge < -0.3 is 15.8 Å². The molecule has 3 heterocycles. The molecule has 3 aromatic heterocycles. The maximum Gasteiger partial charge on any atom is 0.573 e. The van der Waals surface area contributed by atoms with Crippen molar-refractivity contribution in [3.63, 3.8) is 0 Å². The molecule has 0 atom stereocenters. The van der Waals surface area contributed by atoms with Crippen LogP contribution in [0.2, 0.25) is 0 Å². The Morgan fingerprint density at radius 2 is 1.89 bits per heavy atom. The second kappa shape index (κ2) is 7.25. The minimum atomic E-state index is -4.96. The number of ether oxygens (including phenoxy) is 1. The van der Waals surface area contributed by atoms with Crippen molar-refractivity contribution in [2.75, 3.05) is 11.1 Å². The Morgan fingerprint density at radius 3 is 2.50 bits per heavy atom. The van der Waals surface area contributed by atoms with Crippen LogP contribution >= 0.6 is 0 Å². The fourth-order valence-corrected chi connectivity index (χ4v) is 2.27. The van der Waals surface area contributed by atoms with E-state index < -0.39 is 24.4 Å². The van der Waals surface area contributed by atoms with Gasteiger partial charge in [0, 0.05) is 42.7 Å². The Balaban J connectivity index is 1.98. The predicted molar refractivity (Wildman–Crippen MR) is 87.8 cm³/mol. The lowest BCUT2D eigenvalue weighted by atomic mass is 10.1. The molecule has 3 rings (SSSR count). The van der Waals surface area contributed by atoms with Crippen molar-refractivity contribution >= 4 is 17.5 Å². The normalized spacial score (nSPS) is 11.7. The van der Waals surface area contributed by atoms with Crippen LogP contribution in [0.1, 0.15) is 12.2 Å². The lowest BCUT2D eigenvalue weighted by Gasteiger charge is -2.14. The van der Waals surface area contributed by atoms with Crippen LogP contribution in [0, 0.1) is 0 Å². The molecule has 0 fully saturated rings. The number of aryl methyl sites for hydroxylation is 1. The zero-order valence-corrected chi connectivity index (χ0v) is 14.1. The second-order valence-corrected chi connectivity index (χ2v) is 5.48. The van der Waals surface area contributed by atoms with Gasteiger partial charge in [-0.2, -0.15) is 5.10 Å². The first kappa shape index (κ1) is 19.3. The van der Waals surface area contributed by atoms with Crippen molar-refractivity contribution in [3.05, 3.63) is 36.5 Å². The molecule has 3 N–H and O–H groups in total. The monoisotopic (exact) mass is 401 g/mol. The second-order valence-electron chi connectivity index (χ2n) is 5.48. The van der Waals surface area contributed by atoms with E-state index in [9.17, 15) is 22.0 Å². The molecule has 0 aromatic carbocycles. The highest BCUT2D eigenvalue weighted by atomic mass is 19.4. The molecule has 0 aliphatic carbocycles. The third-order valence-electron chi connectivity index (χ3n) is 3.32. The molecule has 0 aliphatic heterocycles. The lowest BCUT2D eigenvalue weighted by molar-refractivity contribution is -0.274. The summed E-state index contributed by atoms with van der Waals surface area (Å²) >= 11 is 0. The summed E-state index contributed by atoms with van der Waals surface area (Å²) in [5, 5.41) is 6.40. The van der Waals surface area contributed by atoms with Crippen molar-refractivity contribution in [1.82, 2.24) is 24.7 Å². The van der Waals surface area contributed by atoms with E-state index in [1.807, 2.05) is 0 Å². The predicted octanol–water partition coefficient (Wildman–Crippen LogP) is 3.43. The summed E-state index contributed by atoms with van der Waals surface area (Å²) in [6, 6.07) is 2.09. The number of nitrogens with zero attached hydrogens (tertiary/aromatic N) is 5. The molecule has 28 heavy (non-hydrogen) atoms. The van der Waals surface area contributed by atoms with E-state index in [2.05, 4.69) is 30.1 Å². The molecular weight excluding hydrogens is 389 g/mol. The molecule has 13 heteroatoms. The maximum atomic E-state index is 12.8. The number of aromatic nitrogens is 5. The topological polar surface area (TPSA) is 104 Å². The van der Waals surface area contributed by atoms with Crippen molar-refractivity contribution < 1.29 is 26.7 Å².